The molecule has 0 spiro atoms. The van der Waals surface area contributed by atoms with E-state index in [-0.39, 0.29) is 0 Å². The monoisotopic (exact) mass is 295 g/mol. The van der Waals surface area contributed by atoms with Gasteiger partial charge in [-0.05, 0) is 6.42 Å². The van der Waals surface area contributed by atoms with Crippen molar-refractivity contribution in [2.24, 2.45) is 0 Å². The molecule has 0 aromatic heterocycles. The van der Waals surface area contributed by atoms with E-state index in [0.29, 0.717) is 0 Å². The molecule has 0 aromatic rings. The minimum atomic E-state index is 1.30. The summed E-state index contributed by atoms with van der Waals surface area (Å²) in [5.41, 5.74) is 0. The Morgan fingerprint density at radius 2 is 1.23 bits per heavy atom. The Kier molecular flexibility index (Phi) is 13.4. The van der Waals surface area contributed by atoms with Gasteiger partial charge < -0.3 is 0 Å². The first kappa shape index (κ1) is 13.7. The maximum Gasteiger partial charge on any atom is 0.0227 e. The molecular weight excluding hydrogens is 271 g/mol. The molecule has 0 aromatic carbocycles. The zero-order valence-corrected chi connectivity index (χ0v) is 11.2. The fourth-order valence-electron chi connectivity index (χ4n) is 1.53. The lowest BCUT2D eigenvalue weighted by Crippen LogP contribution is -1.80. The fraction of sp³-hybridized carbons (Fsp3) is 0.917. The van der Waals surface area contributed by atoms with Crippen LogP contribution in [0.1, 0.15) is 71.1 Å². The fourth-order valence-corrected chi connectivity index (χ4v) is 1.97. The average Bonchev–Trinajstić information content (AvgIpc) is 2.16. The van der Waals surface area contributed by atoms with Crippen molar-refractivity contribution in [1.29, 1.82) is 0 Å². The van der Waals surface area contributed by atoms with Gasteiger partial charge in [0.25, 0.3) is 0 Å². The third-order valence-electron chi connectivity index (χ3n) is 2.42. The lowest BCUT2D eigenvalue weighted by molar-refractivity contribution is 0.566. The highest BCUT2D eigenvalue weighted by molar-refractivity contribution is 14.1. The van der Waals surface area contributed by atoms with Crippen LogP contribution >= 0.6 is 22.6 Å². The van der Waals surface area contributed by atoms with Gasteiger partial charge in [0.1, 0.15) is 0 Å². The van der Waals surface area contributed by atoms with E-state index in [9.17, 15) is 0 Å². The summed E-state index contributed by atoms with van der Waals surface area (Å²) >= 11 is 2.35. The van der Waals surface area contributed by atoms with E-state index in [1.54, 1.807) is 0 Å². The van der Waals surface area contributed by atoms with E-state index in [2.05, 4.69) is 33.9 Å². The van der Waals surface area contributed by atoms with E-state index < -0.39 is 0 Å². The van der Waals surface area contributed by atoms with Crippen LogP contribution in [0.25, 0.3) is 0 Å². The second-order valence-electron chi connectivity index (χ2n) is 3.77. The molecule has 0 aliphatic carbocycles. The highest BCUT2D eigenvalue weighted by Crippen LogP contribution is 2.11. The average molecular weight is 295 g/mol. The number of halogens is 1. The van der Waals surface area contributed by atoms with Crippen LogP contribution in [-0.4, -0.2) is 0 Å². The largest absolute Gasteiger partial charge is 0.0815 e. The third-order valence-corrected chi connectivity index (χ3v) is 3.04. The van der Waals surface area contributed by atoms with Gasteiger partial charge in [0.15, 0.2) is 0 Å². The van der Waals surface area contributed by atoms with Crippen LogP contribution in [-0.2, 0) is 0 Å². The molecular formula is C12H24I. The summed E-state index contributed by atoms with van der Waals surface area (Å²) in [5, 5.41) is 0. The minimum Gasteiger partial charge on any atom is -0.0815 e. The van der Waals surface area contributed by atoms with E-state index >= 15 is 0 Å². The van der Waals surface area contributed by atoms with Crippen molar-refractivity contribution in [3.8, 4) is 0 Å². The highest BCUT2D eigenvalue weighted by atomic mass is 127. The van der Waals surface area contributed by atoms with Crippen molar-refractivity contribution >= 4 is 22.6 Å². The van der Waals surface area contributed by atoms with E-state index in [1.807, 2.05) is 0 Å². The molecule has 0 heterocycles. The van der Waals surface area contributed by atoms with Gasteiger partial charge in [-0.3, -0.25) is 0 Å². The van der Waals surface area contributed by atoms with Gasteiger partial charge in [-0.2, -0.15) is 0 Å². The number of rotatable bonds is 10. The van der Waals surface area contributed by atoms with Gasteiger partial charge >= 0.3 is 0 Å². The maximum absolute atomic E-state index is 2.35. The molecule has 0 bridgehead atoms. The summed E-state index contributed by atoms with van der Waals surface area (Å²) in [4.78, 5) is 0. The van der Waals surface area contributed by atoms with Gasteiger partial charge in [0, 0.05) is 4.43 Å². The molecule has 0 N–H and O–H groups in total. The molecule has 0 saturated heterocycles. The molecule has 1 radical (unpaired) electrons. The zero-order chi connectivity index (χ0) is 9.78. The van der Waals surface area contributed by atoms with Crippen LogP contribution < -0.4 is 0 Å². The Labute approximate surface area is 98.0 Å². The predicted molar refractivity (Wildman–Crippen MR) is 70.2 cm³/mol. The summed E-state index contributed by atoms with van der Waals surface area (Å²) in [7, 11) is 0. The number of unbranched alkanes of at least 4 members (excludes halogenated alkanes) is 9. The summed E-state index contributed by atoms with van der Waals surface area (Å²) < 4.78 is 2.25. The normalized spacial score (nSPS) is 10.6. The number of hydrogen-bond acceptors (Lipinski definition) is 0. The lowest BCUT2D eigenvalue weighted by Gasteiger charge is -2.00. The van der Waals surface area contributed by atoms with Gasteiger partial charge in [-0.25, -0.2) is 0 Å². The SMILES string of the molecule is CCCCCCCCCCC[CH]I. The summed E-state index contributed by atoms with van der Waals surface area (Å²) in [6, 6.07) is 0. The summed E-state index contributed by atoms with van der Waals surface area (Å²) in [6.07, 6.45) is 14.2. The van der Waals surface area contributed by atoms with Crippen LogP contribution in [0.15, 0.2) is 0 Å². The van der Waals surface area contributed by atoms with Gasteiger partial charge in [-0.1, -0.05) is 87.3 Å². The quantitative estimate of drug-likeness (QED) is 0.368. The van der Waals surface area contributed by atoms with Crippen molar-refractivity contribution in [2.45, 2.75) is 71.1 Å². The molecule has 79 valence electrons. The topological polar surface area (TPSA) is 0 Å². The summed E-state index contributed by atoms with van der Waals surface area (Å²) in [5.74, 6) is 0. The first-order valence-electron chi connectivity index (χ1n) is 5.83. The molecule has 0 nitrogen and oxygen atoms in total. The van der Waals surface area contributed by atoms with E-state index in [4.69, 9.17) is 0 Å². The Balaban J connectivity index is 2.76. The Hall–Kier alpha value is 0.730. The van der Waals surface area contributed by atoms with E-state index in [1.165, 1.54) is 64.2 Å². The van der Waals surface area contributed by atoms with E-state index in [0.717, 1.165) is 0 Å². The smallest absolute Gasteiger partial charge is 0.0227 e. The Morgan fingerprint density at radius 3 is 1.69 bits per heavy atom. The first-order chi connectivity index (χ1) is 6.41. The second kappa shape index (κ2) is 12.7. The van der Waals surface area contributed by atoms with Gasteiger partial charge in [-0.15, -0.1) is 0 Å². The van der Waals surface area contributed by atoms with Crippen molar-refractivity contribution in [3.05, 3.63) is 4.43 Å². The van der Waals surface area contributed by atoms with Gasteiger partial charge in [0.05, 0.1) is 0 Å². The van der Waals surface area contributed by atoms with Crippen molar-refractivity contribution in [1.82, 2.24) is 0 Å². The lowest BCUT2D eigenvalue weighted by atomic mass is 10.1. The molecule has 0 aliphatic rings. The van der Waals surface area contributed by atoms with Crippen LogP contribution in [0.2, 0.25) is 0 Å². The van der Waals surface area contributed by atoms with Crippen molar-refractivity contribution in [3.63, 3.8) is 0 Å². The molecule has 0 rings (SSSR count). The maximum atomic E-state index is 2.35. The zero-order valence-electron chi connectivity index (χ0n) is 9.03. The summed E-state index contributed by atoms with van der Waals surface area (Å²) in [6.45, 7) is 2.28. The van der Waals surface area contributed by atoms with Gasteiger partial charge in [0.2, 0.25) is 0 Å². The Bertz CT molecular complexity index is 71.2. The molecule has 0 atom stereocenters. The van der Waals surface area contributed by atoms with Crippen molar-refractivity contribution in [2.75, 3.05) is 0 Å². The van der Waals surface area contributed by atoms with Crippen LogP contribution in [0.3, 0.4) is 0 Å². The standard InChI is InChI=1S/C12H24I/c1-2-3-4-5-6-7-8-9-10-11-12-13/h12H,2-11H2,1H3. The molecule has 1 heteroatoms. The molecule has 0 saturated carbocycles. The molecule has 13 heavy (non-hydrogen) atoms. The first-order valence-corrected chi connectivity index (χ1v) is 7.08. The second-order valence-corrected chi connectivity index (χ2v) is 4.65. The van der Waals surface area contributed by atoms with Crippen molar-refractivity contribution < 1.29 is 0 Å². The van der Waals surface area contributed by atoms with Crippen LogP contribution in [0, 0.1) is 4.43 Å². The van der Waals surface area contributed by atoms with Crippen LogP contribution in [0.5, 0.6) is 0 Å². The molecule has 0 amide bonds. The molecule has 0 fully saturated rings. The molecule has 0 aliphatic heterocycles. The number of hydrogen-bond donors (Lipinski definition) is 0. The highest BCUT2D eigenvalue weighted by Gasteiger charge is 1.91. The van der Waals surface area contributed by atoms with Crippen LogP contribution in [0.4, 0.5) is 0 Å². The predicted octanol–water partition coefficient (Wildman–Crippen LogP) is 5.50. The third kappa shape index (κ3) is 12.7. The molecule has 0 unspecified atom stereocenters. The Morgan fingerprint density at radius 1 is 0.769 bits per heavy atom. The minimum absolute atomic E-state index is 1.30.